The van der Waals surface area contributed by atoms with Gasteiger partial charge < -0.3 is 10.6 Å². The Labute approximate surface area is 138 Å². The van der Waals surface area contributed by atoms with Crippen molar-refractivity contribution in [3.05, 3.63) is 59.3 Å². The molecule has 0 radical (unpaired) electrons. The number of carbonyl (C=O) groups excluding carboxylic acids is 1. The predicted molar refractivity (Wildman–Crippen MR) is 94.5 cm³/mol. The van der Waals surface area contributed by atoms with Crippen LogP contribution in [-0.4, -0.2) is 17.4 Å². The minimum atomic E-state index is -0.102. The van der Waals surface area contributed by atoms with E-state index < -0.39 is 0 Å². The number of nitrogens with one attached hydrogen (secondary N) is 2. The Morgan fingerprint density at radius 2 is 1.96 bits per heavy atom. The van der Waals surface area contributed by atoms with Crippen molar-refractivity contribution in [1.82, 2.24) is 10.3 Å². The molecule has 2 N–H and O–H groups in total. The van der Waals surface area contributed by atoms with Crippen LogP contribution < -0.4 is 10.6 Å². The molecule has 0 unspecified atom stereocenters. The van der Waals surface area contributed by atoms with Gasteiger partial charge in [0.2, 0.25) is 0 Å². The third kappa shape index (κ3) is 5.40. The van der Waals surface area contributed by atoms with Crippen molar-refractivity contribution < 1.29 is 4.79 Å². The third-order valence-corrected chi connectivity index (χ3v) is 3.75. The summed E-state index contributed by atoms with van der Waals surface area (Å²) >= 11 is 0. The molecule has 2 rings (SSSR count). The van der Waals surface area contributed by atoms with Crippen LogP contribution >= 0.6 is 0 Å². The topological polar surface area (TPSA) is 54.0 Å². The Morgan fingerprint density at radius 3 is 2.61 bits per heavy atom. The zero-order valence-electron chi connectivity index (χ0n) is 14.1. The lowest BCUT2D eigenvalue weighted by atomic mass is 10.1. The van der Waals surface area contributed by atoms with E-state index >= 15 is 0 Å². The van der Waals surface area contributed by atoms with Gasteiger partial charge in [0.15, 0.2) is 0 Å². The predicted octanol–water partition coefficient (Wildman–Crippen LogP) is 3.78. The molecule has 2 aromatic rings. The molecule has 1 aromatic carbocycles. The lowest BCUT2D eigenvalue weighted by molar-refractivity contribution is 0.0950. The highest BCUT2D eigenvalue weighted by atomic mass is 16.1. The van der Waals surface area contributed by atoms with Crippen molar-refractivity contribution in [2.45, 2.75) is 33.7 Å². The highest BCUT2D eigenvalue weighted by Crippen LogP contribution is 2.09. The summed E-state index contributed by atoms with van der Waals surface area (Å²) in [6.07, 6.45) is 2.71. The van der Waals surface area contributed by atoms with Crippen LogP contribution in [0.3, 0.4) is 0 Å². The van der Waals surface area contributed by atoms with Crippen LogP contribution in [0.5, 0.6) is 0 Å². The van der Waals surface area contributed by atoms with E-state index in [1.54, 1.807) is 12.3 Å². The molecule has 4 heteroatoms. The van der Waals surface area contributed by atoms with E-state index in [-0.39, 0.29) is 5.91 Å². The van der Waals surface area contributed by atoms with E-state index in [1.165, 1.54) is 5.56 Å². The largest absolute Gasteiger partial charge is 0.370 e. The Bertz CT molecular complexity index is 635. The quantitative estimate of drug-likeness (QED) is 0.818. The van der Waals surface area contributed by atoms with Gasteiger partial charge in [-0.2, -0.15) is 0 Å². The smallest absolute Gasteiger partial charge is 0.253 e. The summed E-state index contributed by atoms with van der Waals surface area (Å²) in [6.45, 7) is 7.85. The average molecular weight is 311 g/mol. The zero-order chi connectivity index (χ0) is 16.7. The van der Waals surface area contributed by atoms with E-state index in [0.29, 0.717) is 18.0 Å². The fraction of sp³-hybridized carbons (Fsp3) is 0.368. The van der Waals surface area contributed by atoms with Crippen molar-refractivity contribution in [2.24, 2.45) is 5.92 Å². The summed E-state index contributed by atoms with van der Waals surface area (Å²) in [5.41, 5.74) is 2.88. The Hall–Kier alpha value is -2.36. The monoisotopic (exact) mass is 311 g/mol. The molecule has 0 atom stereocenters. The minimum Gasteiger partial charge on any atom is -0.370 e. The number of hydrogen-bond acceptors (Lipinski definition) is 3. The fourth-order valence-electron chi connectivity index (χ4n) is 2.21. The number of benzene rings is 1. The second-order valence-corrected chi connectivity index (χ2v) is 6.15. The van der Waals surface area contributed by atoms with Crippen LogP contribution in [0.1, 0.15) is 41.8 Å². The van der Waals surface area contributed by atoms with Crippen LogP contribution in [0, 0.1) is 12.8 Å². The molecule has 0 saturated heterocycles. The molecule has 4 nitrogen and oxygen atoms in total. The van der Waals surface area contributed by atoms with Crippen molar-refractivity contribution in [2.75, 3.05) is 11.9 Å². The van der Waals surface area contributed by atoms with Crippen molar-refractivity contribution >= 4 is 11.7 Å². The van der Waals surface area contributed by atoms with Crippen LogP contribution in [0.2, 0.25) is 0 Å². The second kappa shape index (κ2) is 8.32. The normalized spacial score (nSPS) is 10.6. The standard InChI is InChI=1S/C19H25N3O/c1-14(2)10-11-20-18-9-8-17(13-21-18)19(23)22-12-16-7-5-4-6-15(16)3/h4-9,13-14H,10-12H2,1-3H3,(H,20,21)(H,22,23). The summed E-state index contributed by atoms with van der Waals surface area (Å²) in [5, 5.41) is 6.20. The van der Waals surface area contributed by atoms with Gasteiger partial charge in [-0.3, -0.25) is 4.79 Å². The number of aryl methyl sites for hydroxylation is 1. The van der Waals surface area contributed by atoms with Crippen LogP contribution in [0.25, 0.3) is 0 Å². The SMILES string of the molecule is Cc1ccccc1CNC(=O)c1ccc(NCCC(C)C)nc1. The number of nitrogens with zero attached hydrogens (tertiary/aromatic N) is 1. The summed E-state index contributed by atoms with van der Waals surface area (Å²) in [7, 11) is 0. The average Bonchev–Trinajstić information content (AvgIpc) is 2.54. The van der Waals surface area contributed by atoms with Gasteiger partial charge in [-0.15, -0.1) is 0 Å². The van der Waals surface area contributed by atoms with Crippen LogP contribution in [0.15, 0.2) is 42.6 Å². The van der Waals surface area contributed by atoms with Crippen LogP contribution in [0.4, 0.5) is 5.82 Å². The third-order valence-electron chi connectivity index (χ3n) is 3.75. The summed E-state index contributed by atoms with van der Waals surface area (Å²) in [4.78, 5) is 16.5. The molecular formula is C19H25N3O. The number of hydrogen-bond donors (Lipinski definition) is 2. The van der Waals surface area contributed by atoms with E-state index in [4.69, 9.17) is 0 Å². The van der Waals surface area contributed by atoms with Gasteiger partial charge in [0.1, 0.15) is 5.82 Å². The first-order valence-electron chi connectivity index (χ1n) is 8.09. The molecular weight excluding hydrogens is 286 g/mol. The molecule has 0 aliphatic carbocycles. The maximum atomic E-state index is 12.2. The molecule has 0 spiro atoms. The Balaban J connectivity index is 1.86. The first kappa shape index (κ1) is 17.0. The van der Waals surface area contributed by atoms with E-state index in [9.17, 15) is 4.79 Å². The maximum Gasteiger partial charge on any atom is 0.253 e. The lowest BCUT2D eigenvalue weighted by Crippen LogP contribution is -2.23. The van der Waals surface area contributed by atoms with Gasteiger partial charge in [0.05, 0.1) is 5.56 Å². The first-order chi connectivity index (χ1) is 11.1. The lowest BCUT2D eigenvalue weighted by Gasteiger charge is -2.09. The zero-order valence-corrected chi connectivity index (χ0v) is 14.1. The maximum absolute atomic E-state index is 12.2. The number of anilines is 1. The highest BCUT2D eigenvalue weighted by molar-refractivity contribution is 5.94. The molecule has 1 aromatic heterocycles. The van der Waals surface area contributed by atoms with Gasteiger partial charge in [-0.1, -0.05) is 38.1 Å². The second-order valence-electron chi connectivity index (χ2n) is 6.15. The van der Waals surface area contributed by atoms with Gasteiger partial charge in [0.25, 0.3) is 5.91 Å². The van der Waals surface area contributed by atoms with E-state index in [1.807, 2.05) is 37.3 Å². The number of amides is 1. The molecule has 0 aliphatic heterocycles. The number of carbonyl (C=O) groups is 1. The molecule has 0 bridgehead atoms. The van der Waals surface area contributed by atoms with Gasteiger partial charge >= 0.3 is 0 Å². The molecule has 1 amide bonds. The number of rotatable bonds is 7. The Morgan fingerprint density at radius 1 is 1.17 bits per heavy atom. The number of pyridine rings is 1. The van der Waals surface area contributed by atoms with Crippen molar-refractivity contribution in [3.8, 4) is 0 Å². The Kier molecular flexibility index (Phi) is 6.15. The summed E-state index contributed by atoms with van der Waals surface area (Å²) in [5.74, 6) is 1.37. The van der Waals surface area contributed by atoms with E-state index in [2.05, 4.69) is 29.5 Å². The molecule has 1 heterocycles. The van der Waals surface area contributed by atoms with Gasteiger partial charge in [-0.05, 0) is 42.5 Å². The van der Waals surface area contributed by atoms with Crippen molar-refractivity contribution in [1.29, 1.82) is 0 Å². The van der Waals surface area contributed by atoms with Gasteiger partial charge in [-0.25, -0.2) is 4.98 Å². The van der Waals surface area contributed by atoms with Crippen LogP contribution in [-0.2, 0) is 6.54 Å². The molecule has 23 heavy (non-hydrogen) atoms. The first-order valence-corrected chi connectivity index (χ1v) is 8.09. The molecule has 0 saturated carbocycles. The molecule has 0 aliphatic rings. The van der Waals surface area contributed by atoms with E-state index in [0.717, 1.165) is 24.3 Å². The van der Waals surface area contributed by atoms with Gasteiger partial charge in [0, 0.05) is 19.3 Å². The summed E-state index contributed by atoms with van der Waals surface area (Å²) < 4.78 is 0. The molecule has 0 fully saturated rings. The highest BCUT2D eigenvalue weighted by Gasteiger charge is 2.07. The molecule has 122 valence electrons. The minimum absolute atomic E-state index is 0.102. The van der Waals surface area contributed by atoms with Crippen molar-refractivity contribution in [3.63, 3.8) is 0 Å². The summed E-state index contributed by atoms with van der Waals surface area (Å²) in [6, 6.07) is 11.7. The fourth-order valence-corrected chi connectivity index (χ4v) is 2.21. The number of aromatic nitrogens is 1.